The van der Waals surface area contributed by atoms with Gasteiger partial charge in [0.25, 0.3) is 0 Å². The molecule has 25 heavy (non-hydrogen) atoms. The highest BCUT2D eigenvalue weighted by atomic mass is 79.9. The van der Waals surface area contributed by atoms with Crippen molar-refractivity contribution in [3.05, 3.63) is 27.9 Å². The standard InChI is InChI=1S/C16H21BrN6OS/c1-3-21-4-6-22(7-5-21)11-13-8-18-15(19-9-13)23(12(2)24)16-20-10-14(17)25-16/h8-10H,3-7,11H2,1-2H3. The molecule has 2 aromatic rings. The number of thiazole rings is 1. The summed E-state index contributed by atoms with van der Waals surface area (Å²) in [4.78, 5) is 31.3. The fourth-order valence-corrected chi connectivity index (χ4v) is 4.00. The van der Waals surface area contributed by atoms with E-state index < -0.39 is 0 Å². The van der Waals surface area contributed by atoms with Crippen LogP contribution in [0.4, 0.5) is 11.1 Å². The maximum Gasteiger partial charge on any atom is 0.238 e. The summed E-state index contributed by atoms with van der Waals surface area (Å²) >= 11 is 4.74. The van der Waals surface area contributed by atoms with Crippen molar-refractivity contribution in [2.45, 2.75) is 20.4 Å². The molecule has 2 aromatic heterocycles. The number of anilines is 2. The lowest BCUT2D eigenvalue weighted by molar-refractivity contribution is -0.115. The fourth-order valence-electron chi connectivity index (χ4n) is 2.78. The van der Waals surface area contributed by atoms with Crippen molar-refractivity contribution in [2.24, 2.45) is 0 Å². The average Bonchev–Trinajstić information content (AvgIpc) is 3.03. The molecule has 3 heterocycles. The van der Waals surface area contributed by atoms with Gasteiger partial charge in [-0.05, 0) is 22.5 Å². The maximum absolute atomic E-state index is 12.0. The third kappa shape index (κ3) is 4.60. The van der Waals surface area contributed by atoms with Crippen molar-refractivity contribution in [3.63, 3.8) is 0 Å². The first-order valence-electron chi connectivity index (χ1n) is 8.24. The second-order valence-corrected chi connectivity index (χ2v) is 8.29. The van der Waals surface area contributed by atoms with Crippen molar-refractivity contribution >= 4 is 44.3 Å². The molecule has 1 aliphatic rings. The molecule has 0 aliphatic carbocycles. The van der Waals surface area contributed by atoms with Gasteiger partial charge in [0.2, 0.25) is 11.9 Å². The summed E-state index contributed by atoms with van der Waals surface area (Å²) in [5, 5.41) is 0.558. The van der Waals surface area contributed by atoms with Gasteiger partial charge in [0.1, 0.15) is 0 Å². The van der Waals surface area contributed by atoms with Gasteiger partial charge in [0, 0.05) is 57.6 Å². The molecule has 3 rings (SSSR count). The number of aromatic nitrogens is 3. The lowest BCUT2D eigenvalue weighted by Gasteiger charge is -2.33. The summed E-state index contributed by atoms with van der Waals surface area (Å²) in [5.74, 6) is 0.194. The van der Waals surface area contributed by atoms with E-state index in [-0.39, 0.29) is 5.91 Å². The minimum atomic E-state index is -0.162. The van der Waals surface area contributed by atoms with Gasteiger partial charge in [-0.1, -0.05) is 18.3 Å². The van der Waals surface area contributed by atoms with E-state index in [1.54, 1.807) is 18.6 Å². The van der Waals surface area contributed by atoms with Crippen LogP contribution in [0.1, 0.15) is 19.4 Å². The van der Waals surface area contributed by atoms with Crippen LogP contribution in [0.5, 0.6) is 0 Å². The van der Waals surface area contributed by atoms with Crippen molar-refractivity contribution in [1.29, 1.82) is 0 Å². The molecule has 0 N–H and O–H groups in total. The summed E-state index contributed by atoms with van der Waals surface area (Å²) in [5.41, 5.74) is 1.05. The minimum absolute atomic E-state index is 0.162. The van der Waals surface area contributed by atoms with Gasteiger partial charge in [-0.2, -0.15) is 0 Å². The maximum atomic E-state index is 12.0. The first-order chi connectivity index (χ1) is 12.1. The first-order valence-corrected chi connectivity index (χ1v) is 9.85. The zero-order valence-corrected chi connectivity index (χ0v) is 16.8. The minimum Gasteiger partial charge on any atom is -0.301 e. The molecular weight excluding hydrogens is 404 g/mol. The number of hydrogen-bond acceptors (Lipinski definition) is 7. The monoisotopic (exact) mass is 424 g/mol. The van der Waals surface area contributed by atoms with Gasteiger partial charge in [-0.15, -0.1) is 0 Å². The predicted octanol–water partition coefficient (Wildman–Crippen LogP) is 2.52. The van der Waals surface area contributed by atoms with E-state index in [9.17, 15) is 4.79 Å². The zero-order chi connectivity index (χ0) is 17.8. The number of hydrogen-bond donors (Lipinski definition) is 0. The first kappa shape index (κ1) is 18.4. The summed E-state index contributed by atoms with van der Waals surface area (Å²) in [6, 6.07) is 0. The summed E-state index contributed by atoms with van der Waals surface area (Å²) in [6.07, 6.45) is 5.26. The Balaban J connectivity index is 1.68. The Labute approximate surface area is 159 Å². The second-order valence-electron chi connectivity index (χ2n) is 5.90. The van der Waals surface area contributed by atoms with Crippen LogP contribution in [-0.4, -0.2) is 63.4 Å². The SMILES string of the molecule is CCN1CCN(Cc2cnc(N(C(C)=O)c3ncc(Br)s3)nc2)CC1. The van der Waals surface area contributed by atoms with Gasteiger partial charge < -0.3 is 4.90 Å². The molecule has 9 heteroatoms. The van der Waals surface area contributed by atoms with Crippen LogP contribution < -0.4 is 4.90 Å². The van der Waals surface area contributed by atoms with Crippen molar-refractivity contribution < 1.29 is 4.79 Å². The molecule has 0 bridgehead atoms. The second kappa shape index (κ2) is 8.31. The Bertz CT molecular complexity index is 714. The average molecular weight is 425 g/mol. The van der Waals surface area contributed by atoms with E-state index in [2.05, 4.69) is 47.6 Å². The molecule has 0 atom stereocenters. The highest BCUT2D eigenvalue weighted by Crippen LogP contribution is 2.30. The highest BCUT2D eigenvalue weighted by Gasteiger charge is 2.21. The summed E-state index contributed by atoms with van der Waals surface area (Å²) < 4.78 is 0.858. The molecular formula is C16H21BrN6OS. The van der Waals surface area contributed by atoms with E-state index in [1.807, 2.05) is 0 Å². The van der Waals surface area contributed by atoms with E-state index in [1.165, 1.54) is 23.2 Å². The molecule has 0 saturated carbocycles. The van der Waals surface area contributed by atoms with E-state index in [4.69, 9.17) is 0 Å². The van der Waals surface area contributed by atoms with Gasteiger partial charge in [-0.3, -0.25) is 9.69 Å². The smallest absolute Gasteiger partial charge is 0.238 e. The normalized spacial score (nSPS) is 16.1. The van der Waals surface area contributed by atoms with E-state index >= 15 is 0 Å². The van der Waals surface area contributed by atoms with Crippen LogP contribution in [0.3, 0.4) is 0 Å². The Morgan fingerprint density at radius 3 is 2.32 bits per heavy atom. The molecule has 0 unspecified atom stereocenters. The fraction of sp³-hybridized carbons (Fsp3) is 0.500. The van der Waals surface area contributed by atoms with Crippen LogP contribution in [0.25, 0.3) is 0 Å². The number of carbonyl (C=O) groups is 1. The number of piperazine rings is 1. The molecule has 1 fully saturated rings. The van der Waals surface area contributed by atoms with Crippen LogP contribution in [0.2, 0.25) is 0 Å². The number of rotatable bonds is 5. The van der Waals surface area contributed by atoms with Gasteiger partial charge in [0.15, 0.2) is 5.13 Å². The molecule has 1 aliphatic heterocycles. The third-order valence-corrected chi connectivity index (χ3v) is 5.64. The van der Waals surface area contributed by atoms with Crippen LogP contribution in [0, 0.1) is 0 Å². The quantitative estimate of drug-likeness (QED) is 0.734. The molecule has 1 saturated heterocycles. The molecule has 0 aromatic carbocycles. The van der Waals surface area contributed by atoms with Gasteiger partial charge in [0.05, 0.1) is 9.98 Å². The summed E-state index contributed by atoms with van der Waals surface area (Å²) in [7, 11) is 0. The van der Waals surface area contributed by atoms with Crippen molar-refractivity contribution in [2.75, 3.05) is 37.6 Å². The number of likely N-dealkylation sites (N-methyl/N-ethyl adjacent to an activating group) is 1. The van der Waals surface area contributed by atoms with Crippen LogP contribution in [-0.2, 0) is 11.3 Å². The molecule has 1 amide bonds. The molecule has 0 spiro atoms. The lowest BCUT2D eigenvalue weighted by atomic mass is 10.2. The number of amides is 1. The van der Waals surface area contributed by atoms with E-state index in [0.29, 0.717) is 11.1 Å². The highest BCUT2D eigenvalue weighted by molar-refractivity contribution is 9.11. The zero-order valence-electron chi connectivity index (χ0n) is 14.4. The number of halogens is 1. The predicted molar refractivity (Wildman–Crippen MR) is 102 cm³/mol. The molecule has 0 radical (unpaired) electrons. The Hall–Kier alpha value is -1.42. The number of carbonyl (C=O) groups excluding carboxylic acids is 1. The van der Waals surface area contributed by atoms with Gasteiger partial charge in [-0.25, -0.2) is 19.9 Å². The molecule has 134 valence electrons. The third-order valence-electron chi connectivity index (χ3n) is 4.18. The largest absolute Gasteiger partial charge is 0.301 e. The van der Waals surface area contributed by atoms with E-state index in [0.717, 1.165) is 48.6 Å². The summed E-state index contributed by atoms with van der Waals surface area (Å²) in [6.45, 7) is 9.95. The topological polar surface area (TPSA) is 65.5 Å². The molecule has 7 nitrogen and oxygen atoms in total. The number of nitrogens with zero attached hydrogens (tertiary/aromatic N) is 6. The lowest BCUT2D eigenvalue weighted by Crippen LogP contribution is -2.45. The van der Waals surface area contributed by atoms with Crippen LogP contribution in [0.15, 0.2) is 22.4 Å². The Morgan fingerprint density at radius 1 is 1.16 bits per heavy atom. The Morgan fingerprint density at radius 2 is 1.80 bits per heavy atom. The van der Waals surface area contributed by atoms with Gasteiger partial charge >= 0.3 is 0 Å². The van der Waals surface area contributed by atoms with Crippen molar-refractivity contribution in [3.8, 4) is 0 Å². The van der Waals surface area contributed by atoms with Crippen molar-refractivity contribution in [1.82, 2.24) is 24.8 Å². The van der Waals surface area contributed by atoms with Crippen LogP contribution >= 0.6 is 27.3 Å². The Kier molecular flexibility index (Phi) is 6.10.